The van der Waals surface area contributed by atoms with E-state index < -0.39 is 5.41 Å². The first kappa shape index (κ1) is 22.8. The highest BCUT2D eigenvalue weighted by Gasteiger charge is 2.44. The molecule has 1 amide bonds. The Morgan fingerprint density at radius 3 is 2.68 bits per heavy atom. The van der Waals surface area contributed by atoms with Crippen molar-refractivity contribution in [1.82, 2.24) is 9.88 Å². The van der Waals surface area contributed by atoms with Crippen LogP contribution < -0.4 is 4.74 Å². The molecule has 2 saturated heterocycles. The van der Waals surface area contributed by atoms with Gasteiger partial charge in [0.15, 0.2) is 0 Å². The summed E-state index contributed by atoms with van der Waals surface area (Å²) in [4.78, 5) is 20.4. The van der Waals surface area contributed by atoms with Crippen LogP contribution in [-0.2, 0) is 26.1 Å². The molecule has 178 valence electrons. The Hall–Kier alpha value is -2.96. The number of ether oxygens (including phenoxy) is 3. The molecule has 0 N–H and O–H groups in total. The van der Waals surface area contributed by atoms with Crippen molar-refractivity contribution >= 4 is 16.7 Å². The van der Waals surface area contributed by atoms with Crippen LogP contribution in [0.25, 0.3) is 10.8 Å². The summed E-state index contributed by atoms with van der Waals surface area (Å²) < 4.78 is 17.0. The van der Waals surface area contributed by atoms with Gasteiger partial charge in [0, 0.05) is 50.0 Å². The summed E-state index contributed by atoms with van der Waals surface area (Å²) in [5.41, 5.74) is 1.73. The van der Waals surface area contributed by atoms with E-state index in [-0.39, 0.29) is 11.8 Å². The van der Waals surface area contributed by atoms with Crippen LogP contribution in [0.5, 0.6) is 5.75 Å². The van der Waals surface area contributed by atoms with Gasteiger partial charge in [-0.3, -0.25) is 9.78 Å². The lowest BCUT2D eigenvalue weighted by molar-refractivity contribution is -0.141. The number of pyridine rings is 1. The Morgan fingerprint density at radius 1 is 1.06 bits per heavy atom. The van der Waals surface area contributed by atoms with Gasteiger partial charge in [0.25, 0.3) is 0 Å². The zero-order valence-corrected chi connectivity index (χ0v) is 19.7. The highest BCUT2D eigenvalue weighted by Crippen LogP contribution is 2.38. The van der Waals surface area contributed by atoms with Crippen LogP contribution in [0.4, 0.5) is 0 Å². The lowest BCUT2D eigenvalue weighted by atomic mass is 9.72. The fourth-order valence-corrected chi connectivity index (χ4v) is 5.34. The van der Waals surface area contributed by atoms with Crippen LogP contribution in [0.1, 0.15) is 24.0 Å². The number of amides is 1. The number of methoxy groups -OCH3 is 1. The molecule has 6 nitrogen and oxygen atoms in total. The van der Waals surface area contributed by atoms with E-state index in [1.54, 1.807) is 7.11 Å². The highest BCUT2D eigenvalue weighted by molar-refractivity contribution is 5.88. The molecule has 2 aromatic carbocycles. The first-order chi connectivity index (χ1) is 16.7. The third-order valence-corrected chi connectivity index (χ3v) is 7.25. The minimum atomic E-state index is -0.561. The number of hydrogen-bond acceptors (Lipinski definition) is 5. The van der Waals surface area contributed by atoms with Crippen molar-refractivity contribution in [3.8, 4) is 5.75 Å². The molecule has 0 spiro atoms. The minimum Gasteiger partial charge on any atom is -0.497 e. The van der Waals surface area contributed by atoms with Crippen molar-refractivity contribution in [2.75, 3.05) is 46.6 Å². The van der Waals surface area contributed by atoms with Crippen LogP contribution in [0.15, 0.2) is 60.9 Å². The van der Waals surface area contributed by atoms with Gasteiger partial charge in [-0.15, -0.1) is 0 Å². The number of fused-ring (bicyclic) bond motifs is 1. The standard InChI is InChI=1S/C28H32N2O4/c1-32-26-6-4-25(5-7-26)28(9-13-33-14-10-28)27(31)30-12-15-34-20-22(19-30)16-21-2-3-23-8-11-29-18-24(23)17-21/h2-8,11,17-18,22H,9-10,12-16,19-20H2,1H3/t22-/m0/s1. The molecule has 0 aliphatic carbocycles. The number of nitrogens with zero attached hydrogens (tertiary/aromatic N) is 2. The van der Waals surface area contributed by atoms with E-state index in [2.05, 4.69) is 23.2 Å². The van der Waals surface area contributed by atoms with Gasteiger partial charge in [0.05, 0.1) is 25.7 Å². The molecule has 0 radical (unpaired) electrons. The van der Waals surface area contributed by atoms with Gasteiger partial charge < -0.3 is 19.1 Å². The highest BCUT2D eigenvalue weighted by atomic mass is 16.5. The third kappa shape index (κ3) is 4.65. The van der Waals surface area contributed by atoms with Crippen LogP contribution in [-0.4, -0.2) is 62.4 Å². The number of rotatable bonds is 5. The molecule has 34 heavy (non-hydrogen) atoms. The largest absolute Gasteiger partial charge is 0.497 e. The van der Waals surface area contributed by atoms with Crippen LogP contribution in [0, 0.1) is 5.92 Å². The van der Waals surface area contributed by atoms with Gasteiger partial charge in [0.1, 0.15) is 5.75 Å². The molecule has 3 heterocycles. The second kappa shape index (κ2) is 10.1. The van der Waals surface area contributed by atoms with Gasteiger partial charge in [0.2, 0.25) is 5.91 Å². The maximum Gasteiger partial charge on any atom is 0.233 e. The molecule has 2 fully saturated rings. The van der Waals surface area contributed by atoms with Crippen molar-refractivity contribution in [1.29, 1.82) is 0 Å². The summed E-state index contributed by atoms with van der Waals surface area (Å²) in [5.74, 6) is 1.24. The number of hydrogen-bond donors (Lipinski definition) is 0. The number of carbonyl (C=O) groups is 1. The van der Waals surface area contributed by atoms with E-state index in [9.17, 15) is 4.79 Å². The molecule has 3 aromatic rings. The van der Waals surface area contributed by atoms with Crippen LogP contribution in [0.3, 0.4) is 0 Å². The van der Waals surface area contributed by atoms with Crippen molar-refractivity contribution in [3.05, 3.63) is 72.1 Å². The smallest absolute Gasteiger partial charge is 0.233 e. The van der Waals surface area contributed by atoms with E-state index in [0.29, 0.717) is 52.4 Å². The molecule has 0 saturated carbocycles. The molecular weight excluding hydrogens is 428 g/mol. The number of benzene rings is 2. The molecule has 0 unspecified atom stereocenters. The molecule has 1 atom stereocenters. The Bertz CT molecular complexity index is 1120. The van der Waals surface area contributed by atoms with Crippen molar-refractivity contribution in [2.24, 2.45) is 5.92 Å². The minimum absolute atomic E-state index is 0.194. The lowest BCUT2D eigenvalue weighted by Crippen LogP contribution is -2.51. The lowest BCUT2D eigenvalue weighted by Gasteiger charge is -2.40. The molecule has 2 aliphatic rings. The third-order valence-electron chi connectivity index (χ3n) is 7.25. The average molecular weight is 461 g/mol. The summed E-state index contributed by atoms with van der Waals surface area (Å²) in [6, 6.07) is 16.5. The fraction of sp³-hybridized carbons (Fsp3) is 0.429. The zero-order chi connectivity index (χ0) is 23.4. The summed E-state index contributed by atoms with van der Waals surface area (Å²) in [5, 5.41) is 2.33. The second-order valence-corrected chi connectivity index (χ2v) is 9.38. The summed E-state index contributed by atoms with van der Waals surface area (Å²) >= 11 is 0. The van der Waals surface area contributed by atoms with E-state index in [1.807, 2.05) is 47.6 Å². The van der Waals surface area contributed by atoms with Gasteiger partial charge >= 0.3 is 0 Å². The number of carbonyl (C=O) groups excluding carboxylic acids is 1. The summed E-state index contributed by atoms with van der Waals surface area (Å²) in [6.45, 7) is 3.73. The average Bonchev–Trinajstić information content (AvgIpc) is 3.14. The Morgan fingerprint density at radius 2 is 1.88 bits per heavy atom. The maximum atomic E-state index is 14.1. The Balaban J connectivity index is 1.37. The first-order valence-electron chi connectivity index (χ1n) is 12.1. The van der Waals surface area contributed by atoms with Crippen molar-refractivity contribution < 1.29 is 19.0 Å². The Labute approximate surface area is 200 Å². The van der Waals surface area contributed by atoms with Gasteiger partial charge in [-0.25, -0.2) is 0 Å². The summed E-state index contributed by atoms with van der Waals surface area (Å²) in [7, 11) is 1.66. The van der Waals surface area contributed by atoms with Gasteiger partial charge in [-0.05, 0) is 60.0 Å². The van der Waals surface area contributed by atoms with Gasteiger partial charge in [-0.2, -0.15) is 0 Å². The first-order valence-corrected chi connectivity index (χ1v) is 12.1. The summed E-state index contributed by atoms with van der Waals surface area (Å²) in [6.07, 6.45) is 5.98. The topological polar surface area (TPSA) is 60.9 Å². The fourth-order valence-electron chi connectivity index (χ4n) is 5.34. The van der Waals surface area contributed by atoms with Crippen LogP contribution in [0.2, 0.25) is 0 Å². The van der Waals surface area contributed by atoms with E-state index in [4.69, 9.17) is 14.2 Å². The predicted octanol–water partition coefficient (Wildman–Crippen LogP) is 4.01. The van der Waals surface area contributed by atoms with Crippen molar-refractivity contribution in [3.63, 3.8) is 0 Å². The predicted molar refractivity (Wildman–Crippen MR) is 131 cm³/mol. The molecule has 0 bridgehead atoms. The van der Waals surface area contributed by atoms with Crippen molar-refractivity contribution in [2.45, 2.75) is 24.7 Å². The normalized spacial score (nSPS) is 20.6. The maximum absolute atomic E-state index is 14.1. The van der Waals surface area contributed by atoms with E-state index >= 15 is 0 Å². The quantitative estimate of drug-likeness (QED) is 0.576. The zero-order valence-electron chi connectivity index (χ0n) is 19.7. The number of aromatic nitrogens is 1. The SMILES string of the molecule is COc1ccc(C2(C(=O)N3CCOC[C@@H](Cc4ccc5ccncc5c4)C3)CCOCC2)cc1. The van der Waals surface area contributed by atoms with Crippen LogP contribution >= 0.6 is 0 Å². The molecule has 5 rings (SSSR count). The van der Waals surface area contributed by atoms with E-state index in [1.165, 1.54) is 10.9 Å². The Kier molecular flexibility index (Phi) is 6.79. The molecule has 1 aromatic heterocycles. The monoisotopic (exact) mass is 460 g/mol. The van der Waals surface area contributed by atoms with E-state index in [0.717, 1.165) is 23.1 Å². The molecule has 2 aliphatic heterocycles. The molecular formula is C28H32N2O4. The van der Waals surface area contributed by atoms with Gasteiger partial charge in [-0.1, -0.05) is 24.3 Å². The molecule has 6 heteroatoms. The second-order valence-electron chi connectivity index (χ2n) is 9.38.